The van der Waals surface area contributed by atoms with Gasteiger partial charge in [-0.3, -0.25) is 4.79 Å². The van der Waals surface area contributed by atoms with Crippen molar-refractivity contribution in [2.45, 2.75) is 18.6 Å². The fraction of sp³-hybridized carbons (Fsp3) is 0.333. The monoisotopic (exact) mass is 331 g/mol. The largest absolute Gasteiger partial charge is 0.480 e. The van der Waals surface area contributed by atoms with Gasteiger partial charge in [0.25, 0.3) is 5.91 Å². The normalized spacial score (nSPS) is 22.6. The van der Waals surface area contributed by atoms with E-state index in [-0.39, 0.29) is 18.5 Å². The zero-order chi connectivity index (χ0) is 14.2. The second kappa shape index (κ2) is 5.26. The summed E-state index contributed by atoms with van der Waals surface area (Å²) in [5, 5.41) is 18.5. The van der Waals surface area contributed by atoms with Crippen LogP contribution in [0.3, 0.4) is 0 Å². The predicted molar refractivity (Wildman–Crippen MR) is 67.2 cm³/mol. The van der Waals surface area contributed by atoms with Crippen LogP contribution in [0.2, 0.25) is 0 Å². The summed E-state index contributed by atoms with van der Waals surface area (Å²) >= 11 is 3.07. The number of halogens is 2. The third-order valence-electron chi connectivity index (χ3n) is 2.99. The summed E-state index contributed by atoms with van der Waals surface area (Å²) < 4.78 is 14.2. The number of hydrogen-bond acceptors (Lipinski definition) is 3. The number of amides is 1. The number of carboxylic acid groups (broad SMARTS) is 1. The molecular weight excluding hydrogens is 321 g/mol. The Morgan fingerprint density at radius 1 is 1.42 bits per heavy atom. The third kappa shape index (κ3) is 2.76. The van der Waals surface area contributed by atoms with Crippen LogP contribution < -0.4 is 0 Å². The Bertz CT molecular complexity index is 536. The second-order valence-electron chi connectivity index (χ2n) is 4.33. The Hall–Kier alpha value is -1.47. The van der Waals surface area contributed by atoms with E-state index in [1.165, 1.54) is 12.1 Å². The molecule has 1 fully saturated rings. The average Bonchev–Trinajstić information content (AvgIpc) is 2.70. The molecule has 1 aromatic rings. The number of aliphatic hydroxyl groups excluding tert-OH is 1. The Kier molecular flexibility index (Phi) is 3.86. The van der Waals surface area contributed by atoms with Crippen LogP contribution in [0.1, 0.15) is 16.8 Å². The molecule has 0 radical (unpaired) electrons. The van der Waals surface area contributed by atoms with Gasteiger partial charge in [0.05, 0.1) is 11.7 Å². The number of carbonyl (C=O) groups excluding carboxylic acids is 1. The van der Waals surface area contributed by atoms with Gasteiger partial charge in [-0.05, 0) is 18.2 Å². The Morgan fingerprint density at radius 3 is 2.68 bits per heavy atom. The van der Waals surface area contributed by atoms with Crippen molar-refractivity contribution in [2.75, 3.05) is 6.54 Å². The molecule has 0 bridgehead atoms. The first kappa shape index (κ1) is 14.0. The molecule has 0 spiro atoms. The molecule has 1 aliphatic rings. The lowest BCUT2D eigenvalue weighted by molar-refractivity contribution is -0.141. The first-order valence-electron chi connectivity index (χ1n) is 5.57. The van der Waals surface area contributed by atoms with Gasteiger partial charge in [0.15, 0.2) is 0 Å². The molecule has 2 atom stereocenters. The molecule has 1 aliphatic heterocycles. The van der Waals surface area contributed by atoms with Crippen molar-refractivity contribution in [3.8, 4) is 0 Å². The molecule has 102 valence electrons. The summed E-state index contributed by atoms with van der Waals surface area (Å²) in [5.74, 6) is -2.67. The van der Waals surface area contributed by atoms with Gasteiger partial charge < -0.3 is 15.1 Å². The molecule has 0 aliphatic carbocycles. The lowest BCUT2D eigenvalue weighted by atomic mass is 10.1. The Labute approximate surface area is 116 Å². The minimum atomic E-state index is -1.21. The van der Waals surface area contributed by atoms with Gasteiger partial charge in [-0.1, -0.05) is 15.9 Å². The highest BCUT2D eigenvalue weighted by molar-refractivity contribution is 9.10. The lowest BCUT2D eigenvalue weighted by Crippen LogP contribution is -2.40. The standard InChI is InChI=1S/C12H11BrFNO4/c13-6-1-2-8(9(14)3-6)11(17)15-5-7(16)4-10(15)12(18)19/h1-3,7,10,16H,4-5H2,(H,18,19)/t7-,10-/m1/s1. The van der Waals surface area contributed by atoms with Gasteiger partial charge in [0.2, 0.25) is 0 Å². The SMILES string of the molecule is O=C(O)[C@H]1C[C@@H](O)CN1C(=O)c1ccc(Br)cc1F. The van der Waals surface area contributed by atoms with Gasteiger partial charge in [0.1, 0.15) is 11.9 Å². The minimum absolute atomic E-state index is 0.0424. The van der Waals surface area contributed by atoms with Crippen LogP contribution in [-0.4, -0.2) is 45.7 Å². The maximum absolute atomic E-state index is 13.7. The van der Waals surface area contributed by atoms with Crippen LogP contribution in [0.25, 0.3) is 0 Å². The molecule has 2 N–H and O–H groups in total. The fourth-order valence-corrected chi connectivity index (χ4v) is 2.42. The molecule has 0 unspecified atom stereocenters. The van der Waals surface area contributed by atoms with Crippen molar-refractivity contribution in [1.82, 2.24) is 4.90 Å². The summed E-state index contributed by atoms with van der Waals surface area (Å²) in [7, 11) is 0. The molecule has 1 heterocycles. The van der Waals surface area contributed by atoms with Crippen molar-refractivity contribution in [1.29, 1.82) is 0 Å². The van der Waals surface area contributed by atoms with Crippen molar-refractivity contribution >= 4 is 27.8 Å². The zero-order valence-corrected chi connectivity index (χ0v) is 11.3. The number of nitrogens with zero attached hydrogens (tertiary/aromatic N) is 1. The number of benzene rings is 1. The molecule has 19 heavy (non-hydrogen) atoms. The number of carboxylic acids is 1. The maximum Gasteiger partial charge on any atom is 0.326 e. The van der Waals surface area contributed by atoms with Gasteiger partial charge in [-0.15, -0.1) is 0 Å². The van der Waals surface area contributed by atoms with Crippen LogP contribution in [0.5, 0.6) is 0 Å². The number of likely N-dealkylation sites (tertiary alicyclic amines) is 1. The highest BCUT2D eigenvalue weighted by Crippen LogP contribution is 2.23. The molecule has 1 amide bonds. The van der Waals surface area contributed by atoms with Crippen LogP contribution in [0.15, 0.2) is 22.7 Å². The molecule has 0 aromatic heterocycles. The van der Waals surface area contributed by atoms with Crippen molar-refractivity contribution in [3.63, 3.8) is 0 Å². The van der Waals surface area contributed by atoms with E-state index in [1.54, 1.807) is 0 Å². The summed E-state index contributed by atoms with van der Waals surface area (Å²) in [6, 6.07) is 2.80. The highest BCUT2D eigenvalue weighted by atomic mass is 79.9. The molecule has 5 nitrogen and oxygen atoms in total. The third-order valence-corrected chi connectivity index (χ3v) is 3.48. The maximum atomic E-state index is 13.7. The smallest absolute Gasteiger partial charge is 0.326 e. The number of aliphatic hydroxyl groups is 1. The average molecular weight is 332 g/mol. The van der Waals surface area contributed by atoms with E-state index in [4.69, 9.17) is 5.11 Å². The van der Waals surface area contributed by atoms with Crippen molar-refractivity contribution in [2.24, 2.45) is 0 Å². The fourth-order valence-electron chi connectivity index (χ4n) is 2.09. The van der Waals surface area contributed by atoms with Crippen LogP contribution >= 0.6 is 15.9 Å². The van der Waals surface area contributed by atoms with Gasteiger partial charge in [-0.2, -0.15) is 0 Å². The van der Waals surface area contributed by atoms with E-state index in [0.29, 0.717) is 4.47 Å². The Morgan fingerprint density at radius 2 is 2.11 bits per heavy atom. The topological polar surface area (TPSA) is 77.8 Å². The minimum Gasteiger partial charge on any atom is -0.480 e. The number of aliphatic carboxylic acids is 1. The van der Waals surface area contributed by atoms with Crippen LogP contribution in [0, 0.1) is 5.82 Å². The van der Waals surface area contributed by atoms with E-state index in [1.807, 2.05) is 0 Å². The predicted octanol–water partition coefficient (Wildman–Crippen LogP) is 1.25. The number of rotatable bonds is 2. The quantitative estimate of drug-likeness (QED) is 0.854. The van der Waals surface area contributed by atoms with E-state index in [2.05, 4.69) is 15.9 Å². The molecule has 7 heteroatoms. The highest BCUT2D eigenvalue weighted by Gasteiger charge is 2.39. The van der Waals surface area contributed by atoms with Gasteiger partial charge in [0, 0.05) is 17.4 Å². The van der Waals surface area contributed by atoms with Crippen molar-refractivity contribution < 1.29 is 24.2 Å². The second-order valence-corrected chi connectivity index (χ2v) is 5.24. The first-order valence-corrected chi connectivity index (χ1v) is 6.36. The molecule has 0 saturated carbocycles. The molecule has 1 saturated heterocycles. The summed E-state index contributed by atoms with van der Waals surface area (Å²) in [4.78, 5) is 24.1. The molecular formula is C12H11BrFNO4. The van der Waals surface area contributed by atoms with E-state index < -0.39 is 29.8 Å². The number of carbonyl (C=O) groups is 2. The molecule has 1 aromatic carbocycles. The summed E-state index contributed by atoms with van der Waals surface area (Å²) in [6.45, 7) is -0.106. The van der Waals surface area contributed by atoms with Crippen molar-refractivity contribution in [3.05, 3.63) is 34.1 Å². The van der Waals surface area contributed by atoms with Crippen LogP contribution in [-0.2, 0) is 4.79 Å². The summed E-state index contributed by atoms with van der Waals surface area (Å²) in [6.07, 6.45) is -0.942. The van der Waals surface area contributed by atoms with Gasteiger partial charge >= 0.3 is 5.97 Å². The molecule has 2 rings (SSSR count). The van der Waals surface area contributed by atoms with Gasteiger partial charge in [-0.25, -0.2) is 9.18 Å². The number of hydrogen-bond donors (Lipinski definition) is 2. The van der Waals surface area contributed by atoms with E-state index in [9.17, 15) is 19.1 Å². The summed E-state index contributed by atoms with van der Waals surface area (Å²) in [5.41, 5.74) is -0.205. The zero-order valence-electron chi connectivity index (χ0n) is 9.72. The van der Waals surface area contributed by atoms with E-state index >= 15 is 0 Å². The Balaban J connectivity index is 2.30. The van der Waals surface area contributed by atoms with E-state index in [0.717, 1.165) is 11.0 Å². The lowest BCUT2D eigenvalue weighted by Gasteiger charge is -2.21. The first-order chi connectivity index (χ1) is 8.90. The number of β-amino-alcohol motifs (C(OH)–C–C–N with tert-alkyl or cyclic N) is 1. The van der Waals surface area contributed by atoms with Crippen LogP contribution in [0.4, 0.5) is 4.39 Å².